The molecule has 74 valence electrons. The van der Waals surface area contributed by atoms with Crippen molar-refractivity contribution >= 4 is 23.4 Å². The molecule has 0 spiro atoms. The Labute approximate surface area is 81.8 Å². The maximum atomic E-state index is 11.1. The van der Waals surface area contributed by atoms with E-state index >= 15 is 0 Å². The zero-order valence-corrected chi connectivity index (χ0v) is 8.21. The summed E-state index contributed by atoms with van der Waals surface area (Å²) < 4.78 is 4.79. The Morgan fingerprint density at radius 2 is 2.46 bits per heavy atom. The number of hydrogen-bond donors (Lipinski definition) is 0. The van der Waals surface area contributed by atoms with Crippen molar-refractivity contribution in [3.8, 4) is 0 Å². The maximum absolute atomic E-state index is 11.1. The molecule has 13 heavy (non-hydrogen) atoms. The highest BCUT2D eigenvalue weighted by Gasteiger charge is 2.31. The van der Waals surface area contributed by atoms with Gasteiger partial charge in [0.2, 0.25) is 0 Å². The van der Waals surface area contributed by atoms with Crippen molar-refractivity contribution in [1.29, 1.82) is 0 Å². The summed E-state index contributed by atoms with van der Waals surface area (Å²) in [5, 5.41) is 0. The molecule has 5 heteroatoms. The highest BCUT2D eigenvalue weighted by Crippen LogP contribution is 2.14. The van der Waals surface area contributed by atoms with Crippen LogP contribution >= 0.6 is 11.6 Å². The number of likely N-dealkylation sites (N-methyl/N-ethyl adjacent to an activating group) is 1. The van der Waals surface area contributed by atoms with Gasteiger partial charge in [-0.25, -0.2) is 0 Å². The number of Topliss-reactive ketones (excluding diaryl/α,β-unsaturated/α-hetero) is 1. The third-order valence-electron chi connectivity index (χ3n) is 2.06. The van der Waals surface area contributed by atoms with Crippen molar-refractivity contribution in [3.05, 3.63) is 0 Å². The predicted octanol–water partition coefficient (Wildman–Crippen LogP) is 0.389. The van der Waals surface area contributed by atoms with Crippen LogP contribution in [-0.2, 0) is 14.3 Å². The fourth-order valence-corrected chi connectivity index (χ4v) is 1.37. The molecule has 0 aromatic heterocycles. The topological polar surface area (TPSA) is 46.6 Å². The molecule has 0 unspecified atom stereocenters. The van der Waals surface area contributed by atoms with Crippen molar-refractivity contribution in [2.75, 3.05) is 19.7 Å². The lowest BCUT2D eigenvalue weighted by Crippen LogP contribution is -2.30. The molecule has 0 bridgehead atoms. The van der Waals surface area contributed by atoms with Crippen LogP contribution in [0.25, 0.3) is 0 Å². The van der Waals surface area contributed by atoms with Crippen LogP contribution in [0, 0.1) is 0 Å². The number of alkyl halides is 1. The van der Waals surface area contributed by atoms with E-state index < -0.39 is 0 Å². The van der Waals surface area contributed by atoms with E-state index in [0.29, 0.717) is 19.6 Å². The number of nitrogens with zero attached hydrogens (tertiary/aromatic N) is 1. The minimum atomic E-state index is -0.271. The van der Waals surface area contributed by atoms with Gasteiger partial charge in [0.05, 0.1) is 5.88 Å². The summed E-state index contributed by atoms with van der Waals surface area (Å²) in [6.07, 6.45) is 0.842. The van der Waals surface area contributed by atoms with Gasteiger partial charge in [-0.05, 0) is 13.5 Å². The van der Waals surface area contributed by atoms with E-state index in [4.69, 9.17) is 16.3 Å². The summed E-state index contributed by atoms with van der Waals surface area (Å²) >= 11 is 5.33. The van der Waals surface area contributed by atoms with Gasteiger partial charge in [0, 0.05) is 6.42 Å². The van der Waals surface area contributed by atoms with Gasteiger partial charge in [0.1, 0.15) is 18.6 Å². The molecule has 0 aromatic carbocycles. The van der Waals surface area contributed by atoms with E-state index in [1.54, 1.807) is 11.9 Å². The number of carbonyl (C=O) groups is 2. The van der Waals surface area contributed by atoms with Crippen LogP contribution in [0.4, 0.5) is 0 Å². The number of ketones is 1. The molecule has 1 aliphatic rings. The van der Waals surface area contributed by atoms with Crippen molar-refractivity contribution in [2.24, 2.45) is 0 Å². The second-order valence-corrected chi connectivity index (χ2v) is 3.34. The molecule has 1 fully saturated rings. The van der Waals surface area contributed by atoms with E-state index in [1.165, 1.54) is 0 Å². The Bertz CT molecular complexity index is 219. The summed E-state index contributed by atoms with van der Waals surface area (Å²) in [5.74, 6) is -0.259. The van der Waals surface area contributed by atoms with E-state index in [2.05, 4.69) is 0 Å². The van der Waals surface area contributed by atoms with Crippen molar-refractivity contribution in [3.63, 3.8) is 0 Å². The van der Waals surface area contributed by atoms with Crippen LogP contribution in [0.15, 0.2) is 0 Å². The number of rotatable bonds is 4. The molecular formula is C8H12ClNO3. The minimum absolute atomic E-state index is 0.0193. The van der Waals surface area contributed by atoms with Gasteiger partial charge >= 0.3 is 5.97 Å². The van der Waals surface area contributed by atoms with Gasteiger partial charge in [0.25, 0.3) is 0 Å². The Kier molecular flexibility index (Phi) is 3.69. The lowest BCUT2D eigenvalue weighted by Gasteiger charge is -2.12. The molecule has 0 N–H and O–H groups in total. The second kappa shape index (κ2) is 4.58. The lowest BCUT2D eigenvalue weighted by molar-refractivity contribution is -0.139. The van der Waals surface area contributed by atoms with Crippen LogP contribution in [-0.4, -0.2) is 42.4 Å². The van der Waals surface area contributed by atoms with Crippen LogP contribution in [0.5, 0.6) is 0 Å². The molecule has 1 rings (SSSR count). The highest BCUT2D eigenvalue weighted by molar-refractivity contribution is 6.27. The first-order valence-electron chi connectivity index (χ1n) is 4.09. The summed E-state index contributed by atoms with van der Waals surface area (Å²) in [6.45, 7) is 0.318. The van der Waals surface area contributed by atoms with E-state index in [-0.39, 0.29) is 23.7 Å². The number of halogens is 1. The Morgan fingerprint density at radius 3 is 2.92 bits per heavy atom. The Hall–Kier alpha value is -0.610. The van der Waals surface area contributed by atoms with Gasteiger partial charge in [-0.2, -0.15) is 0 Å². The van der Waals surface area contributed by atoms with Crippen LogP contribution < -0.4 is 0 Å². The van der Waals surface area contributed by atoms with Crippen LogP contribution in [0.1, 0.15) is 12.8 Å². The quantitative estimate of drug-likeness (QED) is 0.492. The molecule has 1 aliphatic heterocycles. The Morgan fingerprint density at radius 1 is 1.77 bits per heavy atom. The van der Waals surface area contributed by atoms with Crippen LogP contribution in [0.3, 0.4) is 0 Å². The molecule has 1 heterocycles. The Balaban J connectivity index is 2.35. The zero-order chi connectivity index (χ0) is 9.84. The van der Waals surface area contributed by atoms with Gasteiger partial charge in [-0.1, -0.05) is 0 Å². The molecular weight excluding hydrogens is 194 g/mol. The SMILES string of the molecule is CN1COC(=O)[C@@H]1CCC(=O)CCl. The van der Waals surface area contributed by atoms with E-state index in [0.717, 1.165) is 0 Å². The molecule has 0 aliphatic carbocycles. The van der Waals surface area contributed by atoms with Crippen molar-refractivity contribution in [2.45, 2.75) is 18.9 Å². The first-order valence-corrected chi connectivity index (χ1v) is 4.63. The van der Waals surface area contributed by atoms with Crippen molar-refractivity contribution < 1.29 is 14.3 Å². The molecule has 1 saturated heterocycles. The highest BCUT2D eigenvalue weighted by atomic mass is 35.5. The maximum Gasteiger partial charge on any atom is 0.324 e. The average Bonchev–Trinajstić information content (AvgIpc) is 2.43. The minimum Gasteiger partial charge on any atom is -0.448 e. The second-order valence-electron chi connectivity index (χ2n) is 3.08. The number of hydrogen-bond acceptors (Lipinski definition) is 4. The largest absolute Gasteiger partial charge is 0.448 e. The number of cyclic esters (lactones) is 1. The summed E-state index contributed by atoms with van der Waals surface area (Å²) in [6, 6.07) is -0.271. The standard InChI is InChI=1S/C8H12ClNO3/c1-10-5-13-8(12)7(10)3-2-6(11)4-9/h7H,2-5H2,1H3/t7-/m0/s1. The lowest BCUT2D eigenvalue weighted by atomic mass is 10.1. The summed E-state index contributed by atoms with van der Waals surface area (Å²) in [7, 11) is 1.79. The van der Waals surface area contributed by atoms with Gasteiger partial charge in [0.15, 0.2) is 0 Å². The summed E-state index contributed by atoms with van der Waals surface area (Å²) in [4.78, 5) is 23.7. The molecule has 0 amide bonds. The monoisotopic (exact) mass is 205 g/mol. The fourth-order valence-electron chi connectivity index (χ4n) is 1.23. The fraction of sp³-hybridized carbons (Fsp3) is 0.750. The van der Waals surface area contributed by atoms with Crippen molar-refractivity contribution in [1.82, 2.24) is 4.90 Å². The summed E-state index contributed by atoms with van der Waals surface area (Å²) in [5.41, 5.74) is 0. The average molecular weight is 206 g/mol. The molecule has 0 saturated carbocycles. The number of esters is 1. The number of ether oxygens (including phenoxy) is 1. The normalized spacial score (nSPS) is 23.2. The van der Waals surface area contributed by atoms with Gasteiger partial charge in [-0.15, -0.1) is 11.6 Å². The third kappa shape index (κ3) is 2.67. The van der Waals surface area contributed by atoms with Gasteiger partial charge < -0.3 is 4.74 Å². The third-order valence-corrected chi connectivity index (χ3v) is 2.36. The first-order chi connectivity index (χ1) is 6.15. The first kappa shape index (κ1) is 10.5. The zero-order valence-electron chi connectivity index (χ0n) is 7.46. The predicted molar refractivity (Wildman–Crippen MR) is 47.5 cm³/mol. The van der Waals surface area contributed by atoms with Gasteiger partial charge in [-0.3, -0.25) is 14.5 Å². The number of carbonyl (C=O) groups excluding carboxylic acids is 2. The molecule has 1 atom stereocenters. The van der Waals surface area contributed by atoms with E-state index in [1.807, 2.05) is 0 Å². The smallest absolute Gasteiger partial charge is 0.324 e. The molecule has 0 radical (unpaired) electrons. The van der Waals surface area contributed by atoms with Crippen LogP contribution in [0.2, 0.25) is 0 Å². The molecule has 0 aromatic rings. The van der Waals surface area contributed by atoms with E-state index in [9.17, 15) is 9.59 Å². The molecule has 4 nitrogen and oxygen atoms in total.